The van der Waals surface area contributed by atoms with Gasteiger partial charge in [-0.15, -0.1) is 0 Å². The summed E-state index contributed by atoms with van der Waals surface area (Å²) in [4.78, 5) is 9.91. The molecule has 0 bridgehead atoms. The van der Waals surface area contributed by atoms with Crippen LogP contribution >= 0.6 is 11.8 Å². The van der Waals surface area contributed by atoms with Crippen LogP contribution in [-0.2, 0) is 11.2 Å². The van der Waals surface area contributed by atoms with Crippen LogP contribution in [0.15, 0.2) is 29.2 Å². The number of carbonyl (C=O) groups is 1. The normalized spacial score (nSPS) is 25.6. The molecule has 1 aliphatic rings. The molecule has 0 saturated carbocycles. The second-order valence-electron chi connectivity index (χ2n) is 2.98. The zero-order valence-corrected chi connectivity index (χ0v) is 7.54. The SMILES string of the molecule is O=C(O)[C@@]1(O)Cc2ccccc2S1. The van der Waals surface area contributed by atoms with Crippen molar-refractivity contribution in [1.29, 1.82) is 0 Å². The molecule has 1 aromatic carbocycles. The molecule has 0 fully saturated rings. The van der Waals surface area contributed by atoms with Gasteiger partial charge in [0.25, 0.3) is 0 Å². The van der Waals surface area contributed by atoms with Crippen molar-refractivity contribution >= 4 is 17.7 Å². The Bertz CT molecular complexity index is 337. The summed E-state index contributed by atoms with van der Waals surface area (Å²) in [6, 6.07) is 7.33. The van der Waals surface area contributed by atoms with E-state index in [1.165, 1.54) is 0 Å². The van der Waals surface area contributed by atoms with E-state index < -0.39 is 10.9 Å². The van der Waals surface area contributed by atoms with E-state index in [0.29, 0.717) is 0 Å². The van der Waals surface area contributed by atoms with Crippen molar-refractivity contribution in [3.8, 4) is 0 Å². The first-order chi connectivity index (χ1) is 6.12. The Morgan fingerprint density at radius 3 is 2.77 bits per heavy atom. The van der Waals surface area contributed by atoms with Crippen LogP contribution in [0.3, 0.4) is 0 Å². The number of benzene rings is 1. The molecule has 1 heterocycles. The smallest absolute Gasteiger partial charge is 0.347 e. The lowest BCUT2D eigenvalue weighted by molar-refractivity contribution is -0.149. The molecule has 0 saturated heterocycles. The van der Waals surface area contributed by atoms with Crippen LogP contribution in [0.25, 0.3) is 0 Å². The number of rotatable bonds is 1. The van der Waals surface area contributed by atoms with Gasteiger partial charge in [-0.2, -0.15) is 0 Å². The summed E-state index contributed by atoms with van der Waals surface area (Å²) in [5.41, 5.74) is 0.900. The number of hydrogen-bond donors (Lipinski definition) is 2. The van der Waals surface area contributed by atoms with Gasteiger partial charge in [-0.25, -0.2) is 4.79 Å². The van der Waals surface area contributed by atoms with E-state index in [-0.39, 0.29) is 6.42 Å². The summed E-state index contributed by atoms with van der Waals surface area (Å²) in [6.45, 7) is 0. The van der Waals surface area contributed by atoms with Gasteiger partial charge in [0.1, 0.15) is 0 Å². The quantitative estimate of drug-likeness (QED) is 0.706. The van der Waals surface area contributed by atoms with Crippen LogP contribution in [0.1, 0.15) is 5.56 Å². The summed E-state index contributed by atoms with van der Waals surface area (Å²) >= 11 is 1.00. The minimum absolute atomic E-state index is 0.184. The van der Waals surface area contributed by atoms with E-state index in [0.717, 1.165) is 22.2 Å². The third kappa shape index (κ3) is 1.32. The number of aliphatic carboxylic acids is 1. The average molecular weight is 196 g/mol. The summed E-state index contributed by atoms with van der Waals surface area (Å²) in [7, 11) is 0. The van der Waals surface area contributed by atoms with Crippen molar-refractivity contribution in [2.45, 2.75) is 16.2 Å². The zero-order chi connectivity index (χ0) is 9.47. The Morgan fingerprint density at radius 1 is 1.46 bits per heavy atom. The molecule has 0 amide bonds. The number of hydrogen-bond acceptors (Lipinski definition) is 3. The van der Waals surface area contributed by atoms with E-state index >= 15 is 0 Å². The predicted molar refractivity (Wildman–Crippen MR) is 48.6 cm³/mol. The summed E-state index contributed by atoms with van der Waals surface area (Å²) in [6.07, 6.45) is 0.184. The molecule has 68 valence electrons. The number of fused-ring (bicyclic) bond motifs is 1. The highest BCUT2D eigenvalue weighted by Gasteiger charge is 2.43. The molecule has 4 heteroatoms. The molecule has 3 nitrogen and oxygen atoms in total. The van der Waals surface area contributed by atoms with E-state index in [1.807, 2.05) is 24.3 Å². The molecule has 0 unspecified atom stereocenters. The molecule has 1 aliphatic heterocycles. The molecular weight excluding hydrogens is 188 g/mol. The molecule has 0 radical (unpaired) electrons. The van der Waals surface area contributed by atoms with Gasteiger partial charge in [0, 0.05) is 11.3 Å². The van der Waals surface area contributed by atoms with Crippen LogP contribution in [-0.4, -0.2) is 21.1 Å². The van der Waals surface area contributed by atoms with Gasteiger partial charge in [-0.1, -0.05) is 30.0 Å². The van der Waals surface area contributed by atoms with Crippen molar-refractivity contribution in [2.24, 2.45) is 0 Å². The van der Waals surface area contributed by atoms with Crippen molar-refractivity contribution in [1.82, 2.24) is 0 Å². The van der Waals surface area contributed by atoms with Gasteiger partial charge < -0.3 is 10.2 Å². The number of carboxylic acid groups (broad SMARTS) is 1. The predicted octanol–water partition coefficient (Wildman–Crippen LogP) is 1.11. The molecule has 0 aliphatic carbocycles. The fourth-order valence-corrected chi connectivity index (χ4v) is 2.44. The highest BCUT2D eigenvalue weighted by atomic mass is 32.2. The van der Waals surface area contributed by atoms with Crippen molar-refractivity contribution < 1.29 is 15.0 Å². The topological polar surface area (TPSA) is 57.5 Å². The van der Waals surface area contributed by atoms with Gasteiger partial charge in [0.2, 0.25) is 4.93 Å². The standard InChI is InChI=1S/C9H8O3S/c10-8(11)9(12)5-6-3-1-2-4-7(6)13-9/h1-4,12H,5H2,(H,10,11)/t9-/m1/s1. The van der Waals surface area contributed by atoms with Crippen molar-refractivity contribution in [2.75, 3.05) is 0 Å². The third-order valence-electron chi connectivity index (χ3n) is 2.02. The van der Waals surface area contributed by atoms with E-state index in [4.69, 9.17) is 5.11 Å². The lowest BCUT2D eigenvalue weighted by Crippen LogP contribution is -2.33. The maximum Gasteiger partial charge on any atom is 0.347 e. The number of aliphatic hydroxyl groups is 1. The van der Waals surface area contributed by atoms with E-state index in [9.17, 15) is 9.90 Å². The van der Waals surface area contributed by atoms with Crippen LogP contribution in [0.2, 0.25) is 0 Å². The van der Waals surface area contributed by atoms with Gasteiger partial charge in [-0.3, -0.25) is 0 Å². The first-order valence-electron chi connectivity index (χ1n) is 3.84. The Morgan fingerprint density at radius 2 is 2.15 bits per heavy atom. The largest absolute Gasteiger partial charge is 0.478 e. The maximum atomic E-state index is 10.7. The van der Waals surface area contributed by atoms with Gasteiger partial charge >= 0.3 is 5.97 Å². The second kappa shape index (κ2) is 2.75. The molecule has 2 N–H and O–H groups in total. The molecule has 1 atom stereocenters. The Kier molecular flexibility index (Phi) is 1.82. The molecule has 13 heavy (non-hydrogen) atoms. The highest BCUT2D eigenvalue weighted by Crippen LogP contribution is 2.43. The van der Waals surface area contributed by atoms with Gasteiger partial charge in [-0.05, 0) is 11.6 Å². The van der Waals surface area contributed by atoms with Gasteiger partial charge in [0.15, 0.2) is 0 Å². The Balaban J connectivity index is 2.37. The summed E-state index contributed by atoms with van der Waals surface area (Å²) in [5, 5.41) is 18.4. The van der Waals surface area contributed by atoms with Crippen molar-refractivity contribution in [3.05, 3.63) is 29.8 Å². The summed E-state index contributed by atoms with van der Waals surface area (Å²) < 4.78 is 0. The Hall–Kier alpha value is -1.00. The first kappa shape index (κ1) is 8.59. The molecule has 0 aromatic heterocycles. The van der Waals surface area contributed by atoms with Crippen molar-refractivity contribution in [3.63, 3.8) is 0 Å². The number of carboxylic acids is 1. The summed E-state index contributed by atoms with van der Waals surface area (Å²) in [5.74, 6) is -1.17. The van der Waals surface area contributed by atoms with Crippen LogP contribution in [0, 0.1) is 0 Å². The third-order valence-corrected chi connectivity index (χ3v) is 3.29. The number of thioether (sulfide) groups is 1. The first-order valence-corrected chi connectivity index (χ1v) is 4.66. The van der Waals surface area contributed by atoms with Crippen LogP contribution in [0.4, 0.5) is 0 Å². The molecule has 2 rings (SSSR count). The van der Waals surface area contributed by atoms with Crippen LogP contribution in [0.5, 0.6) is 0 Å². The van der Waals surface area contributed by atoms with Crippen LogP contribution < -0.4 is 0 Å². The zero-order valence-electron chi connectivity index (χ0n) is 6.73. The lowest BCUT2D eigenvalue weighted by atomic mass is 10.1. The minimum atomic E-state index is -1.66. The Labute approximate surface area is 79.4 Å². The minimum Gasteiger partial charge on any atom is -0.478 e. The second-order valence-corrected chi connectivity index (χ2v) is 4.30. The highest BCUT2D eigenvalue weighted by molar-refractivity contribution is 8.01. The van der Waals surface area contributed by atoms with E-state index in [1.54, 1.807) is 0 Å². The monoisotopic (exact) mass is 196 g/mol. The van der Waals surface area contributed by atoms with E-state index in [2.05, 4.69) is 0 Å². The molecule has 0 spiro atoms. The molecule has 1 aromatic rings. The maximum absolute atomic E-state index is 10.7. The lowest BCUT2D eigenvalue weighted by Gasteiger charge is -2.13. The van der Waals surface area contributed by atoms with Gasteiger partial charge in [0.05, 0.1) is 0 Å². The fraction of sp³-hybridized carbons (Fsp3) is 0.222. The average Bonchev–Trinajstić information content (AvgIpc) is 2.42. The fourth-order valence-electron chi connectivity index (χ4n) is 1.34. The molecular formula is C9H8O3S.